The van der Waals surface area contributed by atoms with E-state index in [9.17, 15) is 13.9 Å². The van der Waals surface area contributed by atoms with Crippen LogP contribution < -0.4 is 5.84 Å². The lowest BCUT2D eigenvalue weighted by molar-refractivity contribution is 0.0360. The molecule has 4 rings (SSSR count). The van der Waals surface area contributed by atoms with Crippen LogP contribution in [-0.4, -0.2) is 40.5 Å². The Bertz CT molecular complexity index is 1250. The minimum atomic E-state index is -1.79. The number of thioether (sulfide) groups is 1. The number of rotatable bonds is 7. The lowest BCUT2D eigenvalue weighted by Crippen LogP contribution is -2.35. The van der Waals surface area contributed by atoms with Gasteiger partial charge in [-0.3, -0.25) is 0 Å². The number of halogens is 4. The van der Waals surface area contributed by atoms with E-state index in [1.165, 1.54) is 28.1 Å². The number of hydrogen-bond donors (Lipinski definition) is 2. The van der Waals surface area contributed by atoms with Crippen molar-refractivity contribution >= 4 is 35.0 Å². The van der Waals surface area contributed by atoms with Gasteiger partial charge in [-0.15, -0.1) is 10.2 Å². The highest BCUT2D eigenvalue weighted by molar-refractivity contribution is 7.99. The first-order valence-electron chi connectivity index (χ1n) is 9.06. The molecule has 13 heteroatoms. The van der Waals surface area contributed by atoms with E-state index in [1.54, 1.807) is 18.2 Å². The minimum Gasteiger partial charge on any atom is -0.382 e. The van der Waals surface area contributed by atoms with Gasteiger partial charge in [0.15, 0.2) is 5.82 Å². The van der Waals surface area contributed by atoms with Crippen LogP contribution in [0, 0.1) is 11.6 Å². The maximum absolute atomic E-state index is 14.5. The Morgan fingerprint density at radius 2 is 1.94 bits per heavy atom. The normalized spacial score (nSPS) is 13.3. The Morgan fingerprint density at radius 3 is 2.62 bits per heavy atom. The van der Waals surface area contributed by atoms with Gasteiger partial charge in [0.05, 0.1) is 11.6 Å². The molecule has 1 unspecified atom stereocenters. The fourth-order valence-electron chi connectivity index (χ4n) is 3.07. The Hall–Kier alpha value is -2.73. The van der Waals surface area contributed by atoms with Crippen LogP contribution in [-0.2, 0) is 12.1 Å². The monoisotopic (exact) mass is 497 g/mol. The molecule has 0 fully saturated rings. The maximum Gasteiger partial charge on any atom is 0.210 e. The number of aromatic nitrogens is 6. The van der Waals surface area contributed by atoms with Crippen molar-refractivity contribution in [2.24, 2.45) is 0 Å². The topological polar surface area (TPSA) is 108 Å². The van der Waals surface area contributed by atoms with Gasteiger partial charge in [-0.1, -0.05) is 41.0 Å². The molecular formula is C19H15Cl2F2N7OS. The predicted octanol–water partition coefficient (Wildman–Crippen LogP) is 3.52. The van der Waals surface area contributed by atoms with E-state index in [2.05, 4.69) is 20.3 Å². The zero-order valence-corrected chi connectivity index (χ0v) is 18.5. The molecule has 0 spiro atoms. The van der Waals surface area contributed by atoms with Gasteiger partial charge in [0.1, 0.15) is 29.9 Å². The van der Waals surface area contributed by atoms with E-state index in [0.29, 0.717) is 21.7 Å². The molecule has 4 aromatic rings. The van der Waals surface area contributed by atoms with Crippen molar-refractivity contribution in [2.45, 2.75) is 17.3 Å². The molecule has 0 aliphatic rings. The fourth-order valence-corrected chi connectivity index (χ4v) is 4.50. The average molecular weight is 498 g/mol. The molecule has 2 aromatic carbocycles. The van der Waals surface area contributed by atoms with Gasteiger partial charge in [-0.05, 0) is 24.3 Å². The SMILES string of the molecule is Nn1c(SCC(O)(Cn2cncn2)c2ccc(F)cc2F)nnc1-c1ccc(Cl)cc1Cl. The summed E-state index contributed by atoms with van der Waals surface area (Å²) in [5.74, 6) is 4.68. The molecule has 32 heavy (non-hydrogen) atoms. The summed E-state index contributed by atoms with van der Waals surface area (Å²) in [4.78, 5) is 3.83. The molecule has 0 radical (unpaired) electrons. The van der Waals surface area contributed by atoms with Crippen LogP contribution >= 0.6 is 35.0 Å². The van der Waals surface area contributed by atoms with E-state index < -0.39 is 17.2 Å². The number of aliphatic hydroxyl groups is 1. The van der Waals surface area contributed by atoms with Crippen molar-refractivity contribution < 1.29 is 13.9 Å². The third-order valence-corrected chi connectivity index (χ3v) is 6.31. The van der Waals surface area contributed by atoms with Gasteiger partial charge >= 0.3 is 0 Å². The Balaban J connectivity index is 1.63. The van der Waals surface area contributed by atoms with E-state index >= 15 is 0 Å². The van der Waals surface area contributed by atoms with E-state index in [1.807, 2.05) is 0 Å². The lowest BCUT2D eigenvalue weighted by atomic mass is 9.95. The minimum absolute atomic E-state index is 0.0981. The molecule has 0 saturated carbocycles. The first-order chi connectivity index (χ1) is 15.3. The zero-order chi connectivity index (χ0) is 22.9. The first kappa shape index (κ1) is 22.5. The number of hydrogen-bond acceptors (Lipinski definition) is 7. The van der Waals surface area contributed by atoms with Crippen LogP contribution in [0.3, 0.4) is 0 Å². The lowest BCUT2D eigenvalue weighted by Gasteiger charge is -2.28. The predicted molar refractivity (Wildman–Crippen MR) is 117 cm³/mol. The highest BCUT2D eigenvalue weighted by Gasteiger charge is 2.34. The van der Waals surface area contributed by atoms with Gasteiger partial charge < -0.3 is 10.9 Å². The average Bonchev–Trinajstić information content (AvgIpc) is 3.36. The van der Waals surface area contributed by atoms with Crippen LogP contribution in [0.25, 0.3) is 11.4 Å². The van der Waals surface area contributed by atoms with Crippen molar-refractivity contribution in [1.82, 2.24) is 29.6 Å². The summed E-state index contributed by atoms with van der Waals surface area (Å²) < 4.78 is 30.5. The van der Waals surface area contributed by atoms with Crippen molar-refractivity contribution in [3.05, 3.63) is 76.3 Å². The Labute approximate surface area is 195 Å². The molecule has 0 saturated heterocycles. The highest BCUT2D eigenvalue weighted by atomic mass is 35.5. The van der Waals surface area contributed by atoms with Gasteiger partial charge in [0.2, 0.25) is 5.16 Å². The third kappa shape index (κ3) is 4.56. The van der Waals surface area contributed by atoms with Crippen molar-refractivity contribution in [2.75, 3.05) is 11.6 Å². The summed E-state index contributed by atoms with van der Waals surface area (Å²) >= 11 is 13.2. The Morgan fingerprint density at radius 1 is 1.12 bits per heavy atom. The second-order valence-electron chi connectivity index (χ2n) is 6.84. The fraction of sp³-hybridized carbons (Fsp3) is 0.158. The summed E-state index contributed by atoms with van der Waals surface area (Å²) in [6.07, 6.45) is 2.66. The molecule has 0 amide bonds. The molecule has 1 atom stereocenters. The smallest absolute Gasteiger partial charge is 0.210 e. The molecule has 2 heterocycles. The van der Waals surface area contributed by atoms with Crippen LogP contribution in [0.1, 0.15) is 5.56 Å². The summed E-state index contributed by atoms with van der Waals surface area (Å²) in [6.45, 7) is -0.142. The molecule has 0 aliphatic carbocycles. The molecule has 2 aromatic heterocycles. The largest absolute Gasteiger partial charge is 0.382 e. The van der Waals surface area contributed by atoms with Crippen molar-refractivity contribution in [3.8, 4) is 11.4 Å². The molecule has 3 N–H and O–H groups in total. The van der Waals surface area contributed by atoms with Crippen LogP contribution in [0.4, 0.5) is 8.78 Å². The number of nitrogens with zero attached hydrogens (tertiary/aromatic N) is 6. The van der Waals surface area contributed by atoms with Gasteiger partial charge in [0.25, 0.3) is 0 Å². The van der Waals surface area contributed by atoms with E-state index in [-0.39, 0.29) is 28.8 Å². The zero-order valence-electron chi connectivity index (χ0n) is 16.2. The number of nitrogens with two attached hydrogens (primary N) is 1. The third-order valence-electron chi connectivity index (χ3n) is 4.60. The molecular weight excluding hydrogens is 483 g/mol. The van der Waals surface area contributed by atoms with Crippen LogP contribution in [0.15, 0.2) is 54.2 Å². The van der Waals surface area contributed by atoms with Crippen LogP contribution in [0.2, 0.25) is 10.0 Å². The number of benzene rings is 2. The van der Waals surface area contributed by atoms with Gasteiger partial charge in [-0.25, -0.2) is 23.1 Å². The van der Waals surface area contributed by atoms with E-state index in [4.69, 9.17) is 29.0 Å². The quantitative estimate of drug-likeness (QED) is 0.297. The molecule has 0 bridgehead atoms. The molecule has 166 valence electrons. The summed E-state index contributed by atoms with van der Waals surface area (Å²) in [5.41, 5.74) is -1.38. The standard InChI is InChI=1S/C19H15Cl2F2N7OS/c20-11-1-3-13(15(21)5-11)17-27-28-18(30(17)24)32-8-19(31,7-29-10-25-9-26-29)14-4-2-12(22)6-16(14)23/h1-6,9-10,31H,7-8,24H2. The molecule has 0 aliphatic heterocycles. The van der Waals surface area contributed by atoms with Crippen LogP contribution in [0.5, 0.6) is 0 Å². The van der Waals surface area contributed by atoms with Crippen molar-refractivity contribution in [3.63, 3.8) is 0 Å². The van der Waals surface area contributed by atoms with E-state index in [0.717, 1.165) is 17.8 Å². The summed E-state index contributed by atoms with van der Waals surface area (Å²) in [6, 6.07) is 7.81. The highest BCUT2D eigenvalue weighted by Crippen LogP contribution is 2.34. The molecule has 8 nitrogen and oxygen atoms in total. The summed E-state index contributed by atoms with van der Waals surface area (Å²) in [7, 11) is 0. The number of nitrogen functional groups attached to an aromatic ring is 1. The van der Waals surface area contributed by atoms with Gasteiger partial charge in [-0.2, -0.15) is 5.10 Å². The second kappa shape index (κ2) is 9.02. The second-order valence-corrected chi connectivity index (χ2v) is 8.62. The first-order valence-corrected chi connectivity index (χ1v) is 10.8. The van der Waals surface area contributed by atoms with Crippen molar-refractivity contribution in [1.29, 1.82) is 0 Å². The maximum atomic E-state index is 14.5. The Kier molecular flexibility index (Phi) is 6.33. The van der Waals surface area contributed by atoms with Gasteiger partial charge in [0, 0.05) is 28.0 Å². The summed E-state index contributed by atoms with van der Waals surface area (Å²) in [5, 5.41) is 24.5.